The van der Waals surface area contributed by atoms with Gasteiger partial charge in [0.1, 0.15) is 6.34 Å². The highest BCUT2D eigenvalue weighted by Gasteiger charge is 2.20. The standard InChI is InChI=1S/C18H16ClN5O3/c19-13-3-1-2-12(10-13)17-20-11-21-24(17)9-8-16(25)22-14-4-6-15(7-5-14)23-18(26)27/h1-11,17,23H,(H,20,21)(H,22,25)(H,26,27). The number of benzene rings is 2. The van der Waals surface area contributed by atoms with E-state index in [9.17, 15) is 9.59 Å². The average molecular weight is 386 g/mol. The Kier molecular flexibility index (Phi) is 5.58. The summed E-state index contributed by atoms with van der Waals surface area (Å²) in [5.74, 6) is -0.340. The van der Waals surface area contributed by atoms with Crippen LogP contribution in [-0.4, -0.2) is 28.5 Å². The zero-order valence-corrected chi connectivity index (χ0v) is 14.7. The molecule has 27 heavy (non-hydrogen) atoms. The minimum Gasteiger partial charge on any atom is -0.465 e. The first-order valence-electron chi connectivity index (χ1n) is 7.92. The van der Waals surface area contributed by atoms with E-state index in [4.69, 9.17) is 16.7 Å². The molecule has 1 aliphatic heterocycles. The van der Waals surface area contributed by atoms with Gasteiger partial charge in [0.25, 0.3) is 0 Å². The quantitative estimate of drug-likeness (QED) is 0.590. The Morgan fingerprint density at radius 1 is 1.15 bits per heavy atom. The number of halogens is 1. The van der Waals surface area contributed by atoms with Crippen LogP contribution in [0.4, 0.5) is 16.2 Å². The van der Waals surface area contributed by atoms with Gasteiger partial charge in [-0.05, 0) is 42.0 Å². The van der Waals surface area contributed by atoms with Gasteiger partial charge in [0.05, 0.1) is 0 Å². The number of nitrogens with zero attached hydrogens (tertiary/aromatic N) is 2. The van der Waals surface area contributed by atoms with Crippen molar-refractivity contribution in [2.45, 2.75) is 6.17 Å². The zero-order valence-electron chi connectivity index (χ0n) is 14.0. The summed E-state index contributed by atoms with van der Waals surface area (Å²) in [7, 11) is 0. The molecule has 1 aliphatic rings. The number of hydrogen-bond donors (Lipinski definition) is 4. The molecule has 138 valence electrons. The van der Waals surface area contributed by atoms with Gasteiger partial charge in [0.15, 0.2) is 6.17 Å². The van der Waals surface area contributed by atoms with Crippen molar-refractivity contribution >= 4 is 41.3 Å². The maximum absolute atomic E-state index is 12.1. The van der Waals surface area contributed by atoms with Crippen LogP contribution in [0.5, 0.6) is 0 Å². The molecule has 0 aliphatic carbocycles. The number of carbonyl (C=O) groups is 2. The maximum atomic E-state index is 12.1. The van der Waals surface area contributed by atoms with Crippen molar-refractivity contribution in [2.24, 2.45) is 4.99 Å². The van der Waals surface area contributed by atoms with Gasteiger partial charge in [-0.2, -0.15) is 0 Å². The minimum atomic E-state index is -1.15. The predicted molar refractivity (Wildman–Crippen MR) is 104 cm³/mol. The Labute approximate surface area is 160 Å². The van der Waals surface area contributed by atoms with Gasteiger partial charge in [0, 0.05) is 28.7 Å². The maximum Gasteiger partial charge on any atom is 0.409 e. The van der Waals surface area contributed by atoms with E-state index >= 15 is 0 Å². The highest BCUT2D eigenvalue weighted by molar-refractivity contribution is 6.30. The van der Waals surface area contributed by atoms with Crippen LogP contribution in [-0.2, 0) is 4.79 Å². The fourth-order valence-corrected chi connectivity index (χ4v) is 2.64. The van der Waals surface area contributed by atoms with Crippen molar-refractivity contribution < 1.29 is 14.7 Å². The number of carboxylic acid groups (broad SMARTS) is 1. The van der Waals surface area contributed by atoms with Gasteiger partial charge < -0.3 is 10.4 Å². The largest absolute Gasteiger partial charge is 0.465 e. The molecule has 0 radical (unpaired) electrons. The van der Waals surface area contributed by atoms with Crippen molar-refractivity contribution in [1.82, 2.24) is 10.4 Å². The highest BCUT2D eigenvalue weighted by Crippen LogP contribution is 2.25. The van der Waals surface area contributed by atoms with Gasteiger partial charge >= 0.3 is 6.09 Å². The molecule has 1 heterocycles. The number of amides is 2. The lowest BCUT2D eigenvalue weighted by atomic mass is 10.2. The number of hydrogen-bond acceptors (Lipinski definition) is 5. The van der Waals surface area contributed by atoms with E-state index in [0.717, 1.165) is 5.56 Å². The molecule has 4 N–H and O–H groups in total. The summed E-state index contributed by atoms with van der Waals surface area (Å²) in [6.07, 6.45) is 3.01. The first-order valence-corrected chi connectivity index (χ1v) is 8.30. The van der Waals surface area contributed by atoms with E-state index in [1.54, 1.807) is 47.9 Å². The summed E-state index contributed by atoms with van der Waals surface area (Å²) >= 11 is 6.02. The number of nitrogens with one attached hydrogen (secondary N) is 3. The van der Waals surface area contributed by atoms with Gasteiger partial charge in [-0.15, -0.1) is 0 Å². The van der Waals surface area contributed by atoms with Gasteiger partial charge in [-0.3, -0.25) is 20.5 Å². The molecule has 0 fully saturated rings. The summed E-state index contributed by atoms with van der Waals surface area (Å²) in [6, 6.07) is 13.6. The summed E-state index contributed by atoms with van der Waals surface area (Å²) < 4.78 is 0. The summed E-state index contributed by atoms with van der Waals surface area (Å²) in [4.78, 5) is 27.0. The minimum absolute atomic E-state index is 0.325. The molecule has 0 saturated carbocycles. The van der Waals surface area contributed by atoms with Crippen molar-refractivity contribution in [3.05, 3.63) is 71.4 Å². The third-order valence-electron chi connectivity index (χ3n) is 3.62. The third-order valence-corrected chi connectivity index (χ3v) is 3.86. The van der Waals surface area contributed by atoms with Crippen LogP contribution < -0.4 is 16.1 Å². The molecule has 1 atom stereocenters. The van der Waals surface area contributed by atoms with Crippen molar-refractivity contribution in [2.75, 3.05) is 10.6 Å². The normalized spacial score (nSPS) is 15.6. The van der Waals surface area contributed by atoms with Crippen LogP contribution in [0.1, 0.15) is 11.7 Å². The van der Waals surface area contributed by atoms with Crippen LogP contribution in [0.15, 0.2) is 65.8 Å². The molecule has 2 aromatic rings. The highest BCUT2D eigenvalue weighted by atomic mass is 35.5. The van der Waals surface area contributed by atoms with Crippen LogP contribution >= 0.6 is 11.6 Å². The Morgan fingerprint density at radius 2 is 1.85 bits per heavy atom. The topological polar surface area (TPSA) is 106 Å². The fourth-order valence-electron chi connectivity index (χ4n) is 2.44. The lowest BCUT2D eigenvalue weighted by Crippen LogP contribution is -2.29. The van der Waals surface area contributed by atoms with E-state index < -0.39 is 6.09 Å². The third kappa shape index (κ3) is 4.99. The molecule has 1 unspecified atom stereocenters. The SMILES string of the molecule is O=C(O)Nc1ccc(NC(=O)C=CN2NC=NC2c2cccc(Cl)c2)cc1. The first kappa shape index (κ1) is 18.3. The second-order valence-electron chi connectivity index (χ2n) is 5.56. The zero-order chi connectivity index (χ0) is 19.2. The lowest BCUT2D eigenvalue weighted by Gasteiger charge is -2.21. The van der Waals surface area contributed by atoms with Crippen LogP contribution in [0, 0.1) is 0 Å². The van der Waals surface area contributed by atoms with E-state index in [-0.39, 0.29) is 12.1 Å². The molecule has 2 aromatic carbocycles. The smallest absolute Gasteiger partial charge is 0.409 e. The average Bonchev–Trinajstić information content (AvgIpc) is 3.10. The Hall–Kier alpha value is -3.52. The monoisotopic (exact) mass is 385 g/mol. The van der Waals surface area contributed by atoms with Crippen molar-refractivity contribution in [3.63, 3.8) is 0 Å². The molecular weight excluding hydrogens is 370 g/mol. The van der Waals surface area contributed by atoms with Crippen LogP contribution in [0.25, 0.3) is 0 Å². The summed E-state index contributed by atoms with van der Waals surface area (Å²) in [5.41, 5.74) is 4.78. The van der Waals surface area contributed by atoms with E-state index in [1.807, 2.05) is 18.2 Å². The van der Waals surface area contributed by atoms with Gasteiger partial charge in [-0.1, -0.05) is 23.7 Å². The van der Waals surface area contributed by atoms with E-state index in [2.05, 4.69) is 21.1 Å². The number of rotatable bonds is 5. The molecule has 0 aromatic heterocycles. The number of hydrazine groups is 1. The second kappa shape index (κ2) is 8.24. The number of anilines is 2. The predicted octanol–water partition coefficient (Wildman–Crippen LogP) is 3.43. The van der Waals surface area contributed by atoms with Gasteiger partial charge in [-0.25, -0.2) is 9.79 Å². The molecular formula is C18H16ClN5O3. The van der Waals surface area contributed by atoms with Crippen LogP contribution in [0.2, 0.25) is 5.02 Å². The summed E-state index contributed by atoms with van der Waals surface area (Å²) in [6.45, 7) is 0. The molecule has 9 heteroatoms. The fraction of sp³-hybridized carbons (Fsp3) is 0.0556. The first-order chi connectivity index (χ1) is 13.0. The molecule has 3 rings (SSSR count). The van der Waals surface area contributed by atoms with Crippen molar-refractivity contribution in [3.8, 4) is 0 Å². The molecule has 8 nitrogen and oxygen atoms in total. The van der Waals surface area contributed by atoms with Gasteiger partial charge in [0.2, 0.25) is 5.91 Å². The molecule has 0 bridgehead atoms. The summed E-state index contributed by atoms with van der Waals surface area (Å²) in [5, 5.41) is 15.9. The number of carbonyl (C=O) groups excluding carboxylic acids is 1. The van der Waals surface area contributed by atoms with Crippen molar-refractivity contribution in [1.29, 1.82) is 0 Å². The second-order valence-corrected chi connectivity index (χ2v) is 5.99. The number of aliphatic imine (C=N–C) groups is 1. The molecule has 0 saturated heterocycles. The Balaban J connectivity index is 1.60. The van der Waals surface area contributed by atoms with E-state index in [1.165, 1.54) is 6.08 Å². The molecule has 0 spiro atoms. The Morgan fingerprint density at radius 3 is 2.52 bits per heavy atom. The Bertz CT molecular complexity index is 898. The van der Waals surface area contributed by atoms with Crippen LogP contribution in [0.3, 0.4) is 0 Å². The van der Waals surface area contributed by atoms with E-state index in [0.29, 0.717) is 16.4 Å². The molecule has 2 amide bonds. The lowest BCUT2D eigenvalue weighted by molar-refractivity contribution is -0.112.